The molecule has 0 unspecified atom stereocenters. The number of hydrogen-bond donors (Lipinski definition) is 1. The lowest BCUT2D eigenvalue weighted by molar-refractivity contribution is -0.111. The first-order valence-corrected chi connectivity index (χ1v) is 8.80. The van der Waals surface area contributed by atoms with Crippen molar-refractivity contribution in [3.8, 4) is 11.3 Å². The van der Waals surface area contributed by atoms with E-state index in [2.05, 4.69) is 10.3 Å². The lowest BCUT2D eigenvalue weighted by atomic mass is 10.2. The van der Waals surface area contributed by atoms with Crippen LogP contribution in [0.1, 0.15) is 5.56 Å². The van der Waals surface area contributed by atoms with Crippen molar-refractivity contribution in [3.63, 3.8) is 0 Å². The van der Waals surface area contributed by atoms with E-state index >= 15 is 0 Å². The van der Waals surface area contributed by atoms with Crippen molar-refractivity contribution in [3.05, 3.63) is 75.3 Å². The van der Waals surface area contributed by atoms with Crippen molar-refractivity contribution in [2.75, 3.05) is 5.32 Å². The summed E-state index contributed by atoms with van der Waals surface area (Å²) in [5, 5.41) is 5.92. The average Bonchev–Trinajstić information content (AvgIpc) is 3.03. The van der Waals surface area contributed by atoms with Gasteiger partial charge in [0, 0.05) is 27.1 Å². The largest absolute Gasteiger partial charge is 0.298 e. The van der Waals surface area contributed by atoms with Gasteiger partial charge >= 0.3 is 0 Å². The van der Waals surface area contributed by atoms with E-state index in [1.807, 2.05) is 0 Å². The molecule has 25 heavy (non-hydrogen) atoms. The maximum absolute atomic E-state index is 13.0. The molecule has 0 spiro atoms. The van der Waals surface area contributed by atoms with E-state index in [1.54, 1.807) is 41.8 Å². The first kappa shape index (κ1) is 17.6. The van der Waals surface area contributed by atoms with Crippen molar-refractivity contribution in [2.45, 2.75) is 0 Å². The van der Waals surface area contributed by atoms with Gasteiger partial charge in [-0.2, -0.15) is 0 Å². The van der Waals surface area contributed by atoms with E-state index in [1.165, 1.54) is 29.5 Å². The van der Waals surface area contributed by atoms with Crippen molar-refractivity contribution in [2.24, 2.45) is 0 Å². The third-order valence-electron chi connectivity index (χ3n) is 3.25. The van der Waals surface area contributed by atoms with Gasteiger partial charge in [0.2, 0.25) is 5.91 Å². The molecule has 1 aromatic heterocycles. The highest BCUT2D eigenvalue weighted by Gasteiger charge is 2.07. The first-order valence-electron chi connectivity index (χ1n) is 7.17. The van der Waals surface area contributed by atoms with Crippen LogP contribution < -0.4 is 5.32 Å². The number of carbonyl (C=O) groups excluding carboxylic acids is 1. The summed E-state index contributed by atoms with van der Waals surface area (Å²) in [6.45, 7) is 0. The van der Waals surface area contributed by atoms with Crippen LogP contribution in [-0.2, 0) is 4.79 Å². The van der Waals surface area contributed by atoms with Crippen LogP contribution in [0, 0.1) is 5.82 Å². The molecule has 0 aliphatic heterocycles. The number of nitrogens with one attached hydrogen (secondary N) is 1. The predicted molar refractivity (Wildman–Crippen MR) is 102 cm³/mol. The Balaban J connectivity index is 1.67. The van der Waals surface area contributed by atoms with E-state index in [9.17, 15) is 9.18 Å². The topological polar surface area (TPSA) is 42.0 Å². The Labute approximate surface area is 157 Å². The van der Waals surface area contributed by atoms with Crippen LogP contribution in [0.25, 0.3) is 17.3 Å². The normalized spacial score (nSPS) is 11.0. The minimum absolute atomic E-state index is 0.307. The van der Waals surface area contributed by atoms with E-state index in [0.717, 1.165) is 5.56 Å². The van der Waals surface area contributed by atoms with Gasteiger partial charge in [-0.25, -0.2) is 9.37 Å². The number of aromatic nitrogens is 1. The maximum Gasteiger partial charge on any atom is 0.250 e. The molecule has 1 heterocycles. The summed E-state index contributed by atoms with van der Waals surface area (Å²) in [6, 6.07) is 11.0. The fraction of sp³-hybridized carbons (Fsp3) is 0. The predicted octanol–water partition coefficient (Wildman–Crippen LogP) is 5.91. The molecule has 1 N–H and O–H groups in total. The Morgan fingerprint density at radius 2 is 1.92 bits per heavy atom. The van der Waals surface area contributed by atoms with Crippen molar-refractivity contribution < 1.29 is 9.18 Å². The number of nitrogens with zero attached hydrogens (tertiary/aromatic N) is 1. The molecular weight excluding hydrogens is 382 g/mol. The molecule has 126 valence electrons. The molecule has 0 aliphatic rings. The van der Waals surface area contributed by atoms with Gasteiger partial charge in [-0.3, -0.25) is 10.1 Å². The third kappa shape index (κ3) is 4.66. The highest BCUT2D eigenvalue weighted by atomic mass is 35.5. The zero-order valence-electron chi connectivity index (χ0n) is 12.7. The smallest absolute Gasteiger partial charge is 0.250 e. The third-order valence-corrected chi connectivity index (χ3v) is 4.57. The molecule has 7 heteroatoms. The second-order valence-electron chi connectivity index (χ2n) is 5.03. The molecule has 0 radical (unpaired) electrons. The lowest BCUT2D eigenvalue weighted by Gasteiger charge is -1.99. The number of rotatable bonds is 4. The summed E-state index contributed by atoms with van der Waals surface area (Å²) in [7, 11) is 0. The molecule has 2 aromatic carbocycles. The maximum atomic E-state index is 13.0. The molecular formula is C18H11Cl2FN2OS. The molecule has 3 nitrogen and oxygen atoms in total. The van der Waals surface area contributed by atoms with Gasteiger partial charge in [0.25, 0.3) is 0 Å². The number of benzene rings is 2. The second kappa shape index (κ2) is 7.78. The molecule has 1 amide bonds. The highest BCUT2D eigenvalue weighted by Crippen LogP contribution is 2.25. The number of anilines is 1. The Morgan fingerprint density at radius 3 is 2.64 bits per heavy atom. The Hall–Kier alpha value is -2.21. The van der Waals surface area contributed by atoms with Gasteiger partial charge in [-0.15, -0.1) is 11.3 Å². The van der Waals surface area contributed by atoms with E-state index < -0.39 is 0 Å². The zero-order chi connectivity index (χ0) is 17.8. The SMILES string of the molecule is O=C(C=Cc1ccc(Cl)cc1Cl)Nc1nc(-c2ccc(F)cc2)cs1. The number of carbonyl (C=O) groups is 1. The van der Waals surface area contributed by atoms with Crippen LogP contribution in [0.15, 0.2) is 53.9 Å². The van der Waals surface area contributed by atoms with Gasteiger partial charge in [-0.1, -0.05) is 29.3 Å². The van der Waals surface area contributed by atoms with Gasteiger partial charge in [-0.05, 0) is 48.0 Å². The van der Waals surface area contributed by atoms with Crippen LogP contribution in [0.5, 0.6) is 0 Å². The summed E-state index contributed by atoms with van der Waals surface area (Å²) in [5.41, 5.74) is 2.14. The van der Waals surface area contributed by atoms with E-state index in [0.29, 0.717) is 26.4 Å². The van der Waals surface area contributed by atoms with Crippen LogP contribution in [0.4, 0.5) is 9.52 Å². The standard InChI is InChI=1S/C18H11Cl2FN2OS/c19-13-5-1-11(15(20)9-13)4-8-17(24)23-18-22-16(10-25-18)12-2-6-14(21)7-3-12/h1-10H,(H,22,23,24). The first-order chi connectivity index (χ1) is 12.0. The molecule has 0 atom stereocenters. The summed E-state index contributed by atoms with van der Waals surface area (Å²) >= 11 is 13.2. The summed E-state index contributed by atoms with van der Waals surface area (Å²) in [5.74, 6) is -0.635. The molecule has 0 saturated heterocycles. The summed E-state index contributed by atoms with van der Waals surface area (Å²) in [4.78, 5) is 16.3. The summed E-state index contributed by atoms with van der Waals surface area (Å²) < 4.78 is 13.0. The molecule has 3 aromatic rings. The quantitative estimate of drug-likeness (QED) is 0.560. The molecule has 3 rings (SSSR count). The second-order valence-corrected chi connectivity index (χ2v) is 6.73. The van der Waals surface area contributed by atoms with Crippen LogP contribution in [0.2, 0.25) is 10.0 Å². The number of hydrogen-bond acceptors (Lipinski definition) is 3. The van der Waals surface area contributed by atoms with Crippen LogP contribution in [0.3, 0.4) is 0 Å². The van der Waals surface area contributed by atoms with Gasteiger partial charge in [0.15, 0.2) is 5.13 Å². The fourth-order valence-electron chi connectivity index (χ4n) is 2.03. The van der Waals surface area contributed by atoms with Crippen LogP contribution in [-0.4, -0.2) is 10.9 Å². The van der Waals surface area contributed by atoms with Crippen molar-refractivity contribution >= 4 is 51.7 Å². The minimum Gasteiger partial charge on any atom is -0.298 e. The Kier molecular flexibility index (Phi) is 5.48. The van der Waals surface area contributed by atoms with E-state index in [-0.39, 0.29) is 11.7 Å². The monoisotopic (exact) mass is 392 g/mol. The lowest BCUT2D eigenvalue weighted by Crippen LogP contribution is -2.07. The number of halogens is 3. The minimum atomic E-state index is -0.328. The van der Waals surface area contributed by atoms with Crippen molar-refractivity contribution in [1.82, 2.24) is 4.98 Å². The average molecular weight is 393 g/mol. The fourth-order valence-corrected chi connectivity index (χ4v) is 3.23. The molecule has 0 aliphatic carbocycles. The molecule has 0 bridgehead atoms. The van der Waals surface area contributed by atoms with E-state index in [4.69, 9.17) is 23.2 Å². The van der Waals surface area contributed by atoms with Crippen molar-refractivity contribution in [1.29, 1.82) is 0 Å². The summed E-state index contributed by atoms with van der Waals surface area (Å²) in [6.07, 6.45) is 2.97. The number of thiazole rings is 1. The van der Waals surface area contributed by atoms with Gasteiger partial charge < -0.3 is 0 Å². The Bertz CT molecular complexity index is 939. The highest BCUT2D eigenvalue weighted by molar-refractivity contribution is 7.14. The Morgan fingerprint density at radius 1 is 1.16 bits per heavy atom. The zero-order valence-corrected chi connectivity index (χ0v) is 15.0. The van der Waals surface area contributed by atoms with Crippen LogP contribution >= 0.6 is 34.5 Å². The number of amides is 1. The van der Waals surface area contributed by atoms with Gasteiger partial charge in [0.1, 0.15) is 5.82 Å². The molecule has 0 fully saturated rings. The molecule has 0 saturated carbocycles. The van der Waals surface area contributed by atoms with Gasteiger partial charge in [0.05, 0.1) is 5.69 Å².